The Hall–Kier alpha value is -4.20. The van der Waals surface area contributed by atoms with E-state index in [4.69, 9.17) is 18.6 Å². The fourth-order valence-electron chi connectivity index (χ4n) is 3.35. The van der Waals surface area contributed by atoms with Gasteiger partial charge in [0.2, 0.25) is 0 Å². The monoisotopic (exact) mass is 478 g/mol. The first-order valence-electron chi connectivity index (χ1n) is 11.3. The van der Waals surface area contributed by atoms with Crippen molar-refractivity contribution in [3.05, 3.63) is 83.4 Å². The van der Waals surface area contributed by atoms with Crippen LogP contribution in [0.2, 0.25) is 0 Å². The average Bonchev–Trinajstić information content (AvgIpc) is 3.40. The maximum absolute atomic E-state index is 12.9. The molecule has 1 heterocycles. The highest BCUT2D eigenvalue weighted by atomic mass is 16.5. The first-order valence-corrected chi connectivity index (χ1v) is 11.3. The summed E-state index contributed by atoms with van der Waals surface area (Å²) in [5.41, 5.74) is 1.54. The molecule has 3 rings (SSSR count). The smallest absolute Gasteiger partial charge is 0.267 e. The predicted octanol–water partition coefficient (Wildman–Crippen LogP) is 4.22. The Kier molecular flexibility index (Phi) is 9.36. The van der Waals surface area contributed by atoms with Gasteiger partial charge in [-0.25, -0.2) is 0 Å². The van der Waals surface area contributed by atoms with E-state index in [1.54, 1.807) is 30.3 Å². The first kappa shape index (κ1) is 25.4. The number of ether oxygens (including phenoxy) is 3. The molecule has 0 fully saturated rings. The van der Waals surface area contributed by atoms with Gasteiger partial charge in [-0.1, -0.05) is 12.1 Å². The third kappa shape index (κ3) is 7.40. The van der Waals surface area contributed by atoms with Crippen LogP contribution in [0.15, 0.2) is 71.0 Å². The van der Waals surface area contributed by atoms with Crippen molar-refractivity contribution in [2.45, 2.75) is 19.8 Å². The molecule has 8 nitrogen and oxygen atoms in total. The zero-order chi connectivity index (χ0) is 25.0. The highest BCUT2D eigenvalue weighted by Crippen LogP contribution is 2.27. The summed E-state index contributed by atoms with van der Waals surface area (Å²) in [6, 6.07) is 16.1. The number of hydrogen-bond acceptors (Lipinski definition) is 6. The van der Waals surface area contributed by atoms with Crippen LogP contribution in [0.25, 0.3) is 6.08 Å². The van der Waals surface area contributed by atoms with Crippen LogP contribution in [0, 0.1) is 0 Å². The second kappa shape index (κ2) is 12.9. The summed E-state index contributed by atoms with van der Waals surface area (Å²) in [5, 5.41) is 5.54. The normalized spacial score (nSPS) is 11.0. The van der Waals surface area contributed by atoms with Crippen molar-refractivity contribution in [3.8, 4) is 17.2 Å². The molecular formula is C27H30N2O6. The molecule has 0 spiro atoms. The Morgan fingerprint density at radius 2 is 1.77 bits per heavy atom. The number of aryl methyl sites for hydroxylation is 1. The molecule has 0 aliphatic carbocycles. The van der Waals surface area contributed by atoms with Crippen LogP contribution in [-0.2, 0) is 11.2 Å². The van der Waals surface area contributed by atoms with Crippen molar-refractivity contribution in [1.29, 1.82) is 0 Å². The summed E-state index contributed by atoms with van der Waals surface area (Å²) in [7, 11) is 3.00. The lowest BCUT2D eigenvalue weighted by molar-refractivity contribution is -0.117. The third-order valence-corrected chi connectivity index (χ3v) is 5.13. The number of rotatable bonds is 12. The van der Waals surface area contributed by atoms with E-state index < -0.39 is 11.8 Å². The molecule has 8 heteroatoms. The molecule has 0 saturated carbocycles. The lowest BCUT2D eigenvalue weighted by atomic mass is 10.1. The molecule has 0 saturated heterocycles. The molecule has 0 atom stereocenters. The highest BCUT2D eigenvalue weighted by Gasteiger charge is 2.17. The van der Waals surface area contributed by atoms with Crippen molar-refractivity contribution < 1.29 is 28.2 Å². The van der Waals surface area contributed by atoms with Gasteiger partial charge in [0.05, 0.1) is 27.1 Å². The molecule has 3 aromatic rings. The van der Waals surface area contributed by atoms with E-state index in [9.17, 15) is 9.59 Å². The van der Waals surface area contributed by atoms with Crippen molar-refractivity contribution in [3.63, 3.8) is 0 Å². The van der Waals surface area contributed by atoms with Crippen molar-refractivity contribution in [2.24, 2.45) is 0 Å². The summed E-state index contributed by atoms with van der Waals surface area (Å²) in [4.78, 5) is 25.8. The predicted molar refractivity (Wildman–Crippen MR) is 133 cm³/mol. The van der Waals surface area contributed by atoms with E-state index in [-0.39, 0.29) is 5.70 Å². The maximum atomic E-state index is 12.9. The van der Waals surface area contributed by atoms with Gasteiger partial charge in [-0.2, -0.15) is 0 Å². The topological polar surface area (TPSA) is 99.0 Å². The molecule has 1 aromatic heterocycles. The lowest BCUT2D eigenvalue weighted by Crippen LogP contribution is -2.35. The summed E-state index contributed by atoms with van der Waals surface area (Å²) >= 11 is 0. The molecule has 0 unspecified atom stereocenters. The fourth-order valence-corrected chi connectivity index (χ4v) is 3.35. The van der Waals surface area contributed by atoms with E-state index in [1.807, 2.05) is 31.2 Å². The summed E-state index contributed by atoms with van der Waals surface area (Å²) in [6.07, 6.45) is 4.51. The molecule has 0 aliphatic heterocycles. The van der Waals surface area contributed by atoms with Crippen LogP contribution in [0.5, 0.6) is 17.2 Å². The number of hydrogen-bond donors (Lipinski definition) is 2. The van der Waals surface area contributed by atoms with Crippen LogP contribution < -0.4 is 24.8 Å². The van der Waals surface area contributed by atoms with Gasteiger partial charge in [0.25, 0.3) is 11.8 Å². The van der Waals surface area contributed by atoms with Gasteiger partial charge >= 0.3 is 0 Å². The third-order valence-electron chi connectivity index (χ3n) is 5.13. The number of nitrogens with one attached hydrogen (secondary N) is 2. The van der Waals surface area contributed by atoms with E-state index in [1.165, 1.54) is 26.6 Å². The largest absolute Gasteiger partial charge is 0.494 e. The fraction of sp³-hybridized carbons (Fsp3) is 0.259. The Balaban J connectivity index is 1.62. The number of methoxy groups -OCH3 is 2. The Labute approximate surface area is 204 Å². The zero-order valence-corrected chi connectivity index (χ0v) is 20.1. The number of amides is 2. The van der Waals surface area contributed by atoms with Crippen molar-refractivity contribution in [2.75, 3.05) is 27.4 Å². The number of benzene rings is 2. The molecule has 0 radical (unpaired) electrons. The molecule has 2 N–H and O–H groups in total. The summed E-state index contributed by atoms with van der Waals surface area (Å²) in [6.45, 7) is 3.01. The number of carbonyl (C=O) groups excluding carboxylic acids is 2. The highest BCUT2D eigenvalue weighted by molar-refractivity contribution is 6.05. The zero-order valence-electron chi connectivity index (χ0n) is 20.1. The Bertz CT molecular complexity index is 1140. The van der Waals surface area contributed by atoms with E-state index in [2.05, 4.69) is 10.6 Å². The second-order valence-corrected chi connectivity index (χ2v) is 7.53. The van der Waals surface area contributed by atoms with E-state index in [0.29, 0.717) is 36.0 Å². The number of carbonyl (C=O) groups is 2. The minimum Gasteiger partial charge on any atom is -0.494 e. The minimum absolute atomic E-state index is 0.0702. The SMILES string of the molecule is CCOc1ccc(CCCNC(=O)/C(=C/c2ccco2)NC(=O)c2ccc(OC)c(OC)c2)cc1. The van der Waals surface area contributed by atoms with E-state index >= 15 is 0 Å². The van der Waals surface area contributed by atoms with Crippen LogP contribution in [0.1, 0.15) is 35.0 Å². The molecule has 2 aromatic carbocycles. The van der Waals surface area contributed by atoms with Crippen LogP contribution >= 0.6 is 0 Å². The average molecular weight is 479 g/mol. The second-order valence-electron chi connectivity index (χ2n) is 7.53. The molecule has 184 valence electrons. The number of furan rings is 1. The molecule has 2 amide bonds. The van der Waals surface area contributed by atoms with Crippen LogP contribution in [0.3, 0.4) is 0 Å². The first-order chi connectivity index (χ1) is 17.0. The van der Waals surface area contributed by atoms with Gasteiger partial charge in [0.1, 0.15) is 17.2 Å². The minimum atomic E-state index is -0.465. The van der Waals surface area contributed by atoms with Crippen LogP contribution in [-0.4, -0.2) is 39.2 Å². The lowest BCUT2D eigenvalue weighted by Gasteiger charge is -2.12. The van der Waals surface area contributed by atoms with Gasteiger partial charge in [-0.15, -0.1) is 0 Å². The van der Waals surface area contributed by atoms with Gasteiger partial charge in [-0.05, 0) is 67.8 Å². The Morgan fingerprint density at radius 3 is 2.43 bits per heavy atom. The van der Waals surface area contributed by atoms with Gasteiger partial charge < -0.3 is 29.3 Å². The molecule has 0 bridgehead atoms. The van der Waals surface area contributed by atoms with E-state index in [0.717, 1.165) is 24.2 Å². The summed E-state index contributed by atoms with van der Waals surface area (Å²) in [5.74, 6) is 1.31. The molecule has 0 aliphatic rings. The standard InChI is InChI=1S/C27H30N2O6/c1-4-34-21-12-9-19(10-13-21)7-5-15-28-27(31)23(18-22-8-6-16-35-22)29-26(30)20-11-14-24(32-2)25(17-20)33-3/h6,8-14,16-18H,4-5,7,15H2,1-3H3,(H,28,31)(H,29,30)/b23-18-. The van der Waals surface area contributed by atoms with Gasteiger partial charge in [-0.3, -0.25) is 9.59 Å². The maximum Gasteiger partial charge on any atom is 0.267 e. The molecular weight excluding hydrogens is 448 g/mol. The van der Waals surface area contributed by atoms with Gasteiger partial charge in [0, 0.05) is 18.2 Å². The van der Waals surface area contributed by atoms with Crippen LogP contribution in [0.4, 0.5) is 0 Å². The quantitative estimate of drug-likeness (QED) is 0.299. The van der Waals surface area contributed by atoms with Crippen molar-refractivity contribution >= 4 is 17.9 Å². The molecule has 35 heavy (non-hydrogen) atoms. The Morgan fingerprint density at radius 1 is 1.00 bits per heavy atom. The van der Waals surface area contributed by atoms with Gasteiger partial charge in [0.15, 0.2) is 11.5 Å². The summed E-state index contributed by atoms with van der Waals surface area (Å²) < 4.78 is 21.3. The van der Waals surface area contributed by atoms with Crippen molar-refractivity contribution in [1.82, 2.24) is 10.6 Å².